The molecule has 2 atom stereocenters. The zero-order valence-corrected chi connectivity index (χ0v) is 9.90. The average Bonchev–Trinajstić information content (AvgIpc) is 2.28. The Bertz CT molecular complexity index is 384. The second-order valence-electron chi connectivity index (χ2n) is 4.61. The monoisotopic (exact) mass is 218 g/mol. The first-order chi connectivity index (χ1) is 7.72. The summed E-state index contributed by atoms with van der Waals surface area (Å²) in [4.78, 5) is 10.6. The van der Waals surface area contributed by atoms with Gasteiger partial charge in [-0.2, -0.15) is 0 Å². The molecule has 2 rings (SSSR count). The molecular weight excluding hydrogens is 200 g/mol. The van der Waals surface area contributed by atoms with Crippen molar-refractivity contribution >= 4 is 6.29 Å². The average molecular weight is 218 g/mol. The summed E-state index contributed by atoms with van der Waals surface area (Å²) >= 11 is 0. The number of fused-ring (bicyclic) bond motifs is 1. The molecular formula is C14H18O2. The third kappa shape index (κ3) is 2.11. The SMILES string of the molecule is CC1CCc2cccc(C(C)CC=O)c2O1. The van der Waals surface area contributed by atoms with Crippen LogP contribution in [0.25, 0.3) is 0 Å². The number of ether oxygens (including phenoxy) is 1. The standard InChI is InChI=1S/C14H18O2/c1-10(8-9-15)13-5-3-4-12-7-6-11(2)16-14(12)13/h3-5,9-11H,6-8H2,1-2H3. The lowest BCUT2D eigenvalue weighted by atomic mass is 9.92. The van der Waals surface area contributed by atoms with Crippen molar-refractivity contribution in [3.63, 3.8) is 0 Å². The van der Waals surface area contributed by atoms with Crippen molar-refractivity contribution in [2.75, 3.05) is 0 Å². The Kier molecular flexibility index (Phi) is 3.28. The van der Waals surface area contributed by atoms with Crippen LogP contribution in [0.2, 0.25) is 0 Å². The molecule has 2 heteroatoms. The largest absolute Gasteiger partial charge is 0.490 e. The molecule has 0 radical (unpaired) electrons. The Morgan fingerprint density at radius 1 is 1.56 bits per heavy atom. The van der Waals surface area contributed by atoms with Crippen molar-refractivity contribution in [2.45, 2.75) is 45.1 Å². The summed E-state index contributed by atoms with van der Waals surface area (Å²) in [6.45, 7) is 4.18. The highest BCUT2D eigenvalue weighted by molar-refractivity contribution is 5.54. The van der Waals surface area contributed by atoms with Crippen LogP contribution in [-0.4, -0.2) is 12.4 Å². The topological polar surface area (TPSA) is 26.3 Å². The van der Waals surface area contributed by atoms with Crippen LogP contribution < -0.4 is 4.74 Å². The summed E-state index contributed by atoms with van der Waals surface area (Å²) in [5.74, 6) is 1.27. The van der Waals surface area contributed by atoms with Crippen LogP contribution in [-0.2, 0) is 11.2 Å². The maximum atomic E-state index is 10.6. The fourth-order valence-electron chi connectivity index (χ4n) is 2.22. The van der Waals surface area contributed by atoms with Gasteiger partial charge in [0.1, 0.15) is 12.0 Å². The van der Waals surface area contributed by atoms with E-state index in [1.165, 1.54) is 11.1 Å². The number of benzene rings is 1. The van der Waals surface area contributed by atoms with Gasteiger partial charge in [-0.1, -0.05) is 25.1 Å². The van der Waals surface area contributed by atoms with E-state index in [1.807, 2.05) is 0 Å². The van der Waals surface area contributed by atoms with Gasteiger partial charge in [-0.25, -0.2) is 0 Å². The molecule has 16 heavy (non-hydrogen) atoms. The van der Waals surface area contributed by atoms with Gasteiger partial charge in [-0.15, -0.1) is 0 Å². The van der Waals surface area contributed by atoms with Gasteiger partial charge in [0.05, 0.1) is 6.10 Å². The minimum Gasteiger partial charge on any atom is -0.490 e. The van der Waals surface area contributed by atoms with Crippen molar-refractivity contribution in [3.05, 3.63) is 29.3 Å². The first-order valence-corrected chi connectivity index (χ1v) is 5.94. The van der Waals surface area contributed by atoms with Crippen molar-refractivity contribution in [1.82, 2.24) is 0 Å². The zero-order valence-electron chi connectivity index (χ0n) is 9.90. The van der Waals surface area contributed by atoms with E-state index in [2.05, 4.69) is 32.0 Å². The molecule has 0 saturated heterocycles. The van der Waals surface area contributed by atoms with Gasteiger partial charge in [0.2, 0.25) is 0 Å². The minimum atomic E-state index is 0.248. The maximum Gasteiger partial charge on any atom is 0.126 e. The third-order valence-electron chi connectivity index (χ3n) is 3.25. The van der Waals surface area contributed by atoms with E-state index in [9.17, 15) is 4.79 Å². The van der Waals surface area contributed by atoms with Gasteiger partial charge in [-0.05, 0) is 36.8 Å². The number of aldehydes is 1. The molecule has 1 aromatic rings. The maximum absolute atomic E-state index is 10.6. The van der Waals surface area contributed by atoms with Crippen molar-refractivity contribution in [2.24, 2.45) is 0 Å². The fourth-order valence-corrected chi connectivity index (χ4v) is 2.22. The fraction of sp³-hybridized carbons (Fsp3) is 0.500. The van der Waals surface area contributed by atoms with E-state index in [0.717, 1.165) is 24.9 Å². The van der Waals surface area contributed by atoms with Crippen LogP contribution in [0, 0.1) is 0 Å². The molecule has 0 spiro atoms. The molecule has 2 unspecified atom stereocenters. The summed E-state index contributed by atoms with van der Waals surface area (Å²) in [7, 11) is 0. The number of rotatable bonds is 3. The summed E-state index contributed by atoms with van der Waals surface area (Å²) in [5.41, 5.74) is 2.46. The minimum absolute atomic E-state index is 0.248. The molecule has 0 bridgehead atoms. The van der Waals surface area contributed by atoms with Gasteiger partial charge in [0, 0.05) is 6.42 Å². The Hall–Kier alpha value is -1.31. The van der Waals surface area contributed by atoms with Crippen molar-refractivity contribution in [1.29, 1.82) is 0 Å². The van der Waals surface area contributed by atoms with Crippen LogP contribution in [0.1, 0.15) is 43.7 Å². The zero-order chi connectivity index (χ0) is 11.5. The van der Waals surface area contributed by atoms with Gasteiger partial charge in [0.15, 0.2) is 0 Å². The summed E-state index contributed by atoms with van der Waals surface area (Å²) in [6.07, 6.45) is 4.00. The summed E-state index contributed by atoms with van der Waals surface area (Å²) in [6, 6.07) is 6.26. The number of aryl methyl sites for hydroxylation is 1. The highest BCUT2D eigenvalue weighted by atomic mass is 16.5. The number of para-hydroxylation sites is 1. The number of carbonyl (C=O) groups excluding carboxylic acids is 1. The molecule has 0 fully saturated rings. The Balaban J connectivity index is 2.35. The van der Waals surface area contributed by atoms with Gasteiger partial charge in [-0.3, -0.25) is 0 Å². The molecule has 1 aliphatic heterocycles. The van der Waals surface area contributed by atoms with E-state index in [0.29, 0.717) is 6.42 Å². The van der Waals surface area contributed by atoms with E-state index in [-0.39, 0.29) is 12.0 Å². The van der Waals surface area contributed by atoms with Gasteiger partial charge < -0.3 is 9.53 Å². The molecule has 2 nitrogen and oxygen atoms in total. The van der Waals surface area contributed by atoms with Crippen LogP contribution >= 0.6 is 0 Å². The second kappa shape index (κ2) is 4.69. The van der Waals surface area contributed by atoms with Crippen molar-refractivity contribution in [3.8, 4) is 5.75 Å². The predicted molar refractivity (Wildman–Crippen MR) is 63.9 cm³/mol. The molecule has 0 amide bonds. The smallest absolute Gasteiger partial charge is 0.126 e. The first kappa shape index (κ1) is 11.2. The normalized spacial score (nSPS) is 20.8. The summed E-state index contributed by atoms with van der Waals surface area (Å²) in [5, 5.41) is 0. The predicted octanol–water partition coefficient (Wildman–Crippen LogP) is 3.09. The first-order valence-electron chi connectivity index (χ1n) is 5.94. The molecule has 0 saturated carbocycles. The number of hydrogen-bond donors (Lipinski definition) is 0. The number of carbonyl (C=O) groups is 1. The van der Waals surface area contributed by atoms with E-state index in [1.54, 1.807) is 0 Å². The van der Waals surface area contributed by atoms with Gasteiger partial charge >= 0.3 is 0 Å². The second-order valence-corrected chi connectivity index (χ2v) is 4.61. The third-order valence-corrected chi connectivity index (χ3v) is 3.25. The number of hydrogen-bond acceptors (Lipinski definition) is 2. The van der Waals surface area contributed by atoms with E-state index >= 15 is 0 Å². The molecule has 86 valence electrons. The molecule has 1 heterocycles. The Morgan fingerprint density at radius 3 is 3.12 bits per heavy atom. The molecule has 0 N–H and O–H groups in total. The van der Waals surface area contributed by atoms with Crippen LogP contribution in [0.3, 0.4) is 0 Å². The van der Waals surface area contributed by atoms with Crippen LogP contribution in [0.4, 0.5) is 0 Å². The highest BCUT2D eigenvalue weighted by Crippen LogP contribution is 2.36. The Labute approximate surface area is 96.6 Å². The van der Waals surface area contributed by atoms with Crippen LogP contribution in [0.15, 0.2) is 18.2 Å². The lowest BCUT2D eigenvalue weighted by Gasteiger charge is -2.27. The lowest BCUT2D eigenvalue weighted by molar-refractivity contribution is -0.108. The van der Waals surface area contributed by atoms with E-state index in [4.69, 9.17) is 4.74 Å². The molecule has 0 aliphatic carbocycles. The quantitative estimate of drug-likeness (QED) is 0.729. The van der Waals surface area contributed by atoms with Crippen LogP contribution in [0.5, 0.6) is 5.75 Å². The lowest BCUT2D eigenvalue weighted by Crippen LogP contribution is -2.20. The molecule has 1 aliphatic rings. The summed E-state index contributed by atoms with van der Waals surface area (Å²) < 4.78 is 5.91. The molecule has 1 aromatic carbocycles. The Morgan fingerprint density at radius 2 is 2.38 bits per heavy atom. The van der Waals surface area contributed by atoms with E-state index < -0.39 is 0 Å². The molecule has 0 aromatic heterocycles. The highest BCUT2D eigenvalue weighted by Gasteiger charge is 2.21. The van der Waals surface area contributed by atoms with Crippen molar-refractivity contribution < 1.29 is 9.53 Å². The van der Waals surface area contributed by atoms with Gasteiger partial charge in [0.25, 0.3) is 0 Å².